The van der Waals surface area contributed by atoms with E-state index in [-0.39, 0.29) is 0 Å². The Balaban J connectivity index is 2.94. The maximum Gasteiger partial charge on any atom is 0.195 e. The molecule has 0 saturated heterocycles. The van der Waals surface area contributed by atoms with Crippen molar-refractivity contribution in [3.05, 3.63) is 17.8 Å². The van der Waals surface area contributed by atoms with Crippen molar-refractivity contribution >= 4 is 9.84 Å². The lowest BCUT2D eigenvalue weighted by atomic mass is 10.2. The zero-order valence-corrected chi connectivity index (χ0v) is 10.9. The summed E-state index contributed by atoms with van der Waals surface area (Å²) in [7, 11) is -1.37. The Morgan fingerprint density at radius 3 is 2.62 bits per heavy atom. The number of sulfone groups is 1. The van der Waals surface area contributed by atoms with Gasteiger partial charge in [-0.1, -0.05) is 0 Å². The second kappa shape index (κ2) is 4.55. The molecule has 0 spiro atoms. The van der Waals surface area contributed by atoms with Crippen LogP contribution in [0.25, 0.3) is 0 Å². The van der Waals surface area contributed by atoms with Crippen LogP contribution in [-0.4, -0.2) is 33.2 Å². The first-order valence-electron chi connectivity index (χ1n) is 5.08. The third kappa shape index (κ3) is 2.62. The molecule has 0 radical (unpaired) electrons. The first-order valence-corrected chi connectivity index (χ1v) is 6.97. The van der Waals surface area contributed by atoms with Gasteiger partial charge in [-0.15, -0.1) is 0 Å². The highest BCUT2D eigenvalue weighted by molar-refractivity contribution is 7.91. The third-order valence-corrected chi connectivity index (χ3v) is 4.72. The fourth-order valence-electron chi connectivity index (χ4n) is 1.12. The molecule has 0 unspecified atom stereocenters. The van der Waals surface area contributed by atoms with Gasteiger partial charge in [-0.25, -0.2) is 13.4 Å². The Labute approximate surface area is 96.2 Å². The van der Waals surface area contributed by atoms with E-state index in [1.165, 1.54) is 12.5 Å². The van der Waals surface area contributed by atoms with E-state index in [1.807, 2.05) is 7.05 Å². The molecule has 0 saturated carbocycles. The van der Waals surface area contributed by atoms with Crippen molar-refractivity contribution in [2.45, 2.75) is 25.0 Å². The van der Waals surface area contributed by atoms with Crippen molar-refractivity contribution in [2.24, 2.45) is 0 Å². The summed E-state index contributed by atoms with van der Waals surface area (Å²) < 4.78 is 27.6. The second-order valence-electron chi connectivity index (χ2n) is 4.25. The largest absolute Gasteiger partial charge is 0.444 e. The number of rotatable bonds is 5. The van der Waals surface area contributed by atoms with Crippen molar-refractivity contribution in [3.8, 4) is 0 Å². The van der Waals surface area contributed by atoms with Crippen LogP contribution in [0.5, 0.6) is 0 Å². The van der Waals surface area contributed by atoms with Gasteiger partial charge in [0.25, 0.3) is 0 Å². The number of oxazole rings is 1. The topological polar surface area (TPSA) is 72.2 Å². The van der Waals surface area contributed by atoms with Crippen molar-refractivity contribution < 1.29 is 12.8 Å². The first-order chi connectivity index (χ1) is 7.29. The molecule has 0 bridgehead atoms. The summed E-state index contributed by atoms with van der Waals surface area (Å²) >= 11 is 0. The highest BCUT2D eigenvalue weighted by atomic mass is 32.2. The number of nitrogens with zero attached hydrogens (tertiary/aromatic N) is 1. The molecule has 1 aromatic rings. The monoisotopic (exact) mass is 246 g/mol. The molecule has 6 heteroatoms. The van der Waals surface area contributed by atoms with Crippen molar-refractivity contribution in [1.29, 1.82) is 0 Å². The van der Waals surface area contributed by atoms with Crippen LogP contribution < -0.4 is 5.32 Å². The molecule has 0 amide bonds. The minimum atomic E-state index is -3.21. The van der Waals surface area contributed by atoms with Gasteiger partial charge in [0, 0.05) is 19.2 Å². The predicted octanol–water partition coefficient (Wildman–Crippen LogP) is 0.716. The van der Waals surface area contributed by atoms with Crippen LogP contribution in [0.15, 0.2) is 10.6 Å². The summed E-state index contributed by atoms with van der Waals surface area (Å²) in [5.74, 6) is 0.946. The van der Waals surface area contributed by atoms with Gasteiger partial charge >= 0.3 is 0 Å². The van der Waals surface area contributed by atoms with Crippen LogP contribution in [0, 0.1) is 0 Å². The van der Waals surface area contributed by atoms with Gasteiger partial charge in [-0.05, 0) is 20.9 Å². The predicted molar refractivity (Wildman–Crippen MR) is 62.0 cm³/mol. The maximum absolute atomic E-state index is 11.6. The fourth-order valence-corrected chi connectivity index (χ4v) is 1.58. The van der Waals surface area contributed by atoms with Crippen LogP contribution in [-0.2, 0) is 21.0 Å². The van der Waals surface area contributed by atoms with E-state index in [1.54, 1.807) is 13.8 Å². The zero-order chi connectivity index (χ0) is 12.4. The summed E-state index contributed by atoms with van der Waals surface area (Å²) in [5.41, 5.74) is 0. The summed E-state index contributed by atoms with van der Waals surface area (Å²) in [6.07, 6.45) is 3.34. The maximum atomic E-state index is 11.6. The number of hydrogen-bond acceptors (Lipinski definition) is 5. The van der Waals surface area contributed by atoms with Gasteiger partial charge in [-0.3, -0.25) is 0 Å². The van der Waals surface area contributed by atoms with Crippen LogP contribution in [0.3, 0.4) is 0 Å². The molecule has 1 aromatic heterocycles. The van der Waals surface area contributed by atoms with E-state index in [9.17, 15) is 8.42 Å². The summed E-state index contributed by atoms with van der Waals surface area (Å²) in [6, 6.07) is 0. The summed E-state index contributed by atoms with van der Waals surface area (Å²) in [5, 5.41) is 2.98. The van der Waals surface area contributed by atoms with E-state index in [2.05, 4.69) is 10.3 Å². The van der Waals surface area contributed by atoms with Crippen molar-refractivity contribution in [3.63, 3.8) is 0 Å². The SMILES string of the molecule is CNCCc1ncc(C(C)(C)S(C)(=O)=O)o1. The van der Waals surface area contributed by atoms with E-state index >= 15 is 0 Å². The van der Waals surface area contributed by atoms with Crippen molar-refractivity contribution in [1.82, 2.24) is 10.3 Å². The van der Waals surface area contributed by atoms with Crippen LogP contribution in [0.2, 0.25) is 0 Å². The van der Waals surface area contributed by atoms with E-state index in [4.69, 9.17) is 4.42 Å². The number of hydrogen-bond donors (Lipinski definition) is 1. The van der Waals surface area contributed by atoms with Gasteiger partial charge in [0.05, 0.1) is 6.20 Å². The highest BCUT2D eigenvalue weighted by Crippen LogP contribution is 2.29. The molecule has 5 nitrogen and oxygen atoms in total. The molecule has 0 atom stereocenters. The Hall–Kier alpha value is -0.880. The van der Waals surface area contributed by atoms with E-state index in [0.29, 0.717) is 18.1 Å². The molecule has 1 rings (SSSR count). The van der Waals surface area contributed by atoms with Gasteiger partial charge in [0.2, 0.25) is 0 Å². The van der Waals surface area contributed by atoms with Crippen LogP contribution in [0.1, 0.15) is 25.5 Å². The second-order valence-corrected chi connectivity index (χ2v) is 6.82. The Bertz CT molecular complexity index is 448. The van der Waals surface area contributed by atoms with Gasteiger partial charge < -0.3 is 9.73 Å². The minimum Gasteiger partial charge on any atom is -0.444 e. The lowest BCUT2D eigenvalue weighted by molar-refractivity contribution is 0.412. The number of aromatic nitrogens is 1. The fraction of sp³-hybridized carbons (Fsp3) is 0.700. The van der Waals surface area contributed by atoms with Gasteiger partial charge in [0.15, 0.2) is 15.7 Å². The van der Waals surface area contributed by atoms with Crippen LogP contribution >= 0.6 is 0 Å². The quantitative estimate of drug-likeness (QED) is 0.828. The molecular weight excluding hydrogens is 228 g/mol. The average Bonchev–Trinajstić information content (AvgIpc) is 2.61. The average molecular weight is 246 g/mol. The third-order valence-electron chi connectivity index (χ3n) is 2.66. The molecule has 1 heterocycles. The number of nitrogens with one attached hydrogen (secondary N) is 1. The lowest BCUT2D eigenvalue weighted by Crippen LogP contribution is -2.27. The van der Waals surface area contributed by atoms with Gasteiger partial charge in [-0.2, -0.15) is 0 Å². The van der Waals surface area contributed by atoms with Crippen molar-refractivity contribution in [2.75, 3.05) is 19.8 Å². The Morgan fingerprint density at radius 1 is 1.50 bits per heavy atom. The molecule has 0 aromatic carbocycles. The first kappa shape index (κ1) is 13.2. The summed E-state index contributed by atoms with van der Waals surface area (Å²) in [6.45, 7) is 3.98. The molecule has 0 aliphatic heterocycles. The van der Waals surface area contributed by atoms with Gasteiger partial charge in [0.1, 0.15) is 10.5 Å². The lowest BCUT2D eigenvalue weighted by Gasteiger charge is -2.18. The summed E-state index contributed by atoms with van der Waals surface area (Å²) in [4.78, 5) is 4.06. The van der Waals surface area contributed by atoms with Crippen LogP contribution in [0.4, 0.5) is 0 Å². The Kier molecular flexibility index (Phi) is 3.75. The molecule has 1 N–H and O–H groups in total. The zero-order valence-electron chi connectivity index (χ0n) is 10.1. The number of likely N-dealkylation sites (N-methyl/N-ethyl adjacent to an activating group) is 1. The van der Waals surface area contributed by atoms with E-state index < -0.39 is 14.6 Å². The molecule has 92 valence electrons. The molecule has 0 aliphatic rings. The molecular formula is C10H18N2O3S. The standard InChI is InChI=1S/C10H18N2O3S/c1-10(2,16(4,13)14)8-7-12-9(15-8)5-6-11-3/h7,11H,5-6H2,1-4H3. The smallest absolute Gasteiger partial charge is 0.195 e. The highest BCUT2D eigenvalue weighted by Gasteiger charge is 2.36. The normalized spacial score (nSPS) is 13.0. The molecule has 0 aliphatic carbocycles. The molecule has 16 heavy (non-hydrogen) atoms. The Morgan fingerprint density at radius 2 is 2.12 bits per heavy atom. The minimum absolute atomic E-state index is 0.390. The molecule has 0 fully saturated rings. The van der Waals surface area contributed by atoms with E-state index in [0.717, 1.165) is 6.54 Å².